The molecule has 1 aromatic heterocycles. The van der Waals surface area contributed by atoms with Crippen molar-refractivity contribution < 1.29 is 4.39 Å². The Morgan fingerprint density at radius 2 is 2.20 bits per heavy atom. The lowest BCUT2D eigenvalue weighted by atomic mass is 9.77. The lowest BCUT2D eigenvalue weighted by Gasteiger charge is -2.37. The van der Waals surface area contributed by atoms with Gasteiger partial charge in [0.25, 0.3) is 0 Å². The van der Waals surface area contributed by atoms with Gasteiger partial charge in [-0.05, 0) is 47.7 Å². The van der Waals surface area contributed by atoms with Crippen molar-refractivity contribution in [1.82, 2.24) is 4.98 Å². The number of halogens is 1. The van der Waals surface area contributed by atoms with E-state index in [4.69, 9.17) is 0 Å². The molecule has 0 bridgehead atoms. The number of allylic oxidation sites excluding steroid dienone is 2. The van der Waals surface area contributed by atoms with Crippen LogP contribution in [-0.4, -0.2) is 4.98 Å². The summed E-state index contributed by atoms with van der Waals surface area (Å²) < 4.78 is 13.5. The fraction of sp³-hybridized carbons (Fsp3) is 0.235. The molecule has 0 saturated heterocycles. The maximum Gasteiger partial charge on any atom is 0.123 e. The second-order valence-corrected chi connectivity index (χ2v) is 5.49. The Labute approximate surface area is 117 Å². The largest absolute Gasteiger partial charge is 0.378 e. The van der Waals surface area contributed by atoms with Gasteiger partial charge in [-0.3, -0.25) is 4.98 Å². The number of hydrogen-bond acceptors (Lipinski definition) is 2. The van der Waals surface area contributed by atoms with Gasteiger partial charge in [0.2, 0.25) is 0 Å². The molecule has 2 heterocycles. The minimum atomic E-state index is -0.163. The number of pyridine rings is 1. The predicted octanol–water partition coefficient (Wildman–Crippen LogP) is 4.05. The van der Waals surface area contributed by atoms with Crippen molar-refractivity contribution in [3.8, 4) is 0 Å². The van der Waals surface area contributed by atoms with Gasteiger partial charge in [-0.1, -0.05) is 18.2 Å². The fourth-order valence-electron chi connectivity index (χ4n) is 3.46. The van der Waals surface area contributed by atoms with E-state index < -0.39 is 0 Å². The van der Waals surface area contributed by atoms with E-state index in [1.807, 2.05) is 18.3 Å². The van der Waals surface area contributed by atoms with Gasteiger partial charge < -0.3 is 5.32 Å². The topological polar surface area (TPSA) is 24.9 Å². The highest BCUT2D eigenvalue weighted by Crippen LogP contribution is 2.49. The number of nitrogens with one attached hydrogen (secondary N) is 1. The second-order valence-electron chi connectivity index (χ2n) is 5.49. The van der Waals surface area contributed by atoms with Gasteiger partial charge in [0, 0.05) is 24.0 Å². The smallest absolute Gasteiger partial charge is 0.123 e. The first-order valence-electron chi connectivity index (χ1n) is 6.95. The molecule has 3 heteroatoms. The molecule has 2 aromatic rings. The van der Waals surface area contributed by atoms with E-state index in [1.54, 1.807) is 12.3 Å². The molecule has 2 nitrogen and oxygen atoms in total. The first-order valence-corrected chi connectivity index (χ1v) is 6.95. The number of fused-ring (bicyclic) bond motifs is 3. The summed E-state index contributed by atoms with van der Waals surface area (Å²) in [6.07, 6.45) is 9.16. The molecule has 1 aliphatic carbocycles. The molecule has 1 aliphatic heterocycles. The van der Waals surface area contributed by atoms with E-state index in [0.29, 0.717) is 11.8 Å². The highest BCUT2D eigenvalue weighted by atomic mass is 19.1. The van der Waals surface area contributed by atoms with Crippen molar-refractivity contribution in [3.05, 3.63) is 71.8 Å². The summed E-state index contributed by atoms with van der Waals surface area (Å²) in [5.74, 6) is 0.574. The van der Waals surface area contributed by atoms with Crippen LogP contribution in [-0.2, 0) is 0 Å². The van der Waals surface area contributed by atoms with Gasteiger partial charge in [-0.15, -0.1) is 0 Å². The molecule has 1 N–H and O–H groups in total. The van der Waals surface area contributed by atoms with Crippen LogP contribution in [0.5, 0.6) is 0 Å². The Hall–Kier alpha value is -2.16. The van der Waals surface area contributed by atoms with Crippen LogP contribution in [0.15, 0.2) is 54.9 Å². The Bertz CT molecular complexity index is 666. The van der Waals surface area contributed by atoms with Crippen molar-refractivity contribution >= 4 is 5.69 Å². The third kappa shape index (κ3) is 1.73. The number of anilines is 1. The second kappa shape index (κ2) is 4.44. The quantitative estimate of drug-likeness (QED) is 0.788. The molecule has 4 rings (SSSR count). The Balaban J connectivity index is 1.80. The molecule has 0 fully saturated rings. The summed E-state index contributed by atoms with van der Waals surface area (Å²) in [4.78, 5) is 4.22. The number of aromatic nitrogens is 1. The SMILES string of the molecule is Fc1ccc2c(c1)C1C=CCC1C(c1cccnc1)N2. The Kier molecular flexibility index (Phi) is 2.59. The summed E-state index contributed by atoms with van der Waals surface area (Å²) in [5.41, 5.74) is 3.30. The summed E-state index contributed by atoms with van der Waals surface area (Å²) in [7, 11) is 0. The number of benzene rings is 1. The summed E-state index contributed by atoms with van der Waals surface area (Å²) >= 11 is 0. The van der Waals surface area contributed by atoms with Crippen LogP contribution in [0, 0.1) is 11.7 Å². The summed E-state index contributed by atoms with van der Waals surface area (Å²) in [5, 5.41) is 3.57. The molecule has 20 heavy (non-hydrogen) atoms. The van der Waals surface area contributed by atoms with E-state index in [-0.39, 0.29) is 11.9 Å². The molecular formula is C17H15FN2. The molecule has 3 unspecified atom stereocenters. The molecule has 0 amide bonds. The van der Waals surface area contributed by atoms with Crippen LogP contribution in [0.2, 0.25) is 0 Å². The number of nitrogens with zero attached hydrogens (tertiary/aromatic N) is 1. The lowest BCUT2D eigenvalue weighted by molar-refractivity contribution is 0.423. The van der Waals surface area contributed by atoms with Crippen LogP contribution < -0.4 is 5.32 Å². The van der Waals surface area contributed by atoms with Gasteiger partial charge >= 0.3 is 0 Å². The van der Waals surface area contributed by atoms with Crippen molar-refractivity contribution in [1.29, 1.82) is 0 Å². The average Bonchev–Trinajstić information content (AvgIpc) is 2.97. The van der Waals surface area contributed by atoms with Crippen molar-refractivity contribution in [2.75, 3.05) is 5.32 Å². The maximum absolute atomic E-state index is 13.5. The summed E-state index contributed by atoms with van der Waals surface area (Å²) in [6.45, 7) is 0. The zero-order valence-electron chi connectivity index (χ0n) is 11.0. The first kappa shape index (κ1) is 11.6. The minimum absolute atomic E-state index is 0.163. The molecule has 0 spiro atoms. The number of hydrogen-bond donors (Lipinski definition) is 1. The van der Waals surface area contributed by atoms with E-state index >= 15 is 0 Å². The van der Waals surface area contributed by atoms with Gasteiger partial charge in [0.1, 0.15) is 5.82 Å². The van der Waals surface area contributed by atoms with Crippen LogP contribution in [0.3, 0.4) is 0 Å². The molecule has 0 radical (unpaired) electrons. The fourth-order valence-corrected chi connectivity index (χ4v) is 3.46. The summed E-state index contributed by atoms with van der Waals surface area (Å²) in [6, 6.07) is 9.33. The maximum atomic E-state index is 13.5. The van der Waals surface area contributed by atoms with Crippen LogP contribution in [0.25, 0.3) is 0 Å². The average molecular weight is 266 g/mol. The third-order valence-corrected chi connectivity index (χ3v) is 4.37. The van der Waals surface area contributed by atoms with E-state index in [9.17, 15) is 4.39 Å². The van der Waals surface area contributed by atoms with Crippen LogP contribution in [0.4, 0.5) is 10.1 Å². The Morgan fingerprint density at radius 1 is 1.25 bits per heavy atom. The molecule has 0 saturated carbocycles. The molecule has 3 atom stereocenters. The standard InChI is InChI=1S/C17H15FN2/c18-12-6-7-16-15(9-12)13-4-1-5-14(13)17(20-16)11-3-2-8-19-10-11/h1-4,6-10,13-14,17,20H,5H2. The third-order valence-electron chi connectivity index (χ3n) is 4.37. The molecular weight excluding hydrogens is 251 g/mol. The van der Waals surface area contributed by atoms with Gasteiger partial charge in [-0.2, -0.15) is 0 Å². The normalized spacial score (nSPS) is 26.8. The van der Waals surface area contributed by atoms with Gasteiger partial charge in [0.15, 0.2) is 0 Å². The Morgan fingerprint density at radius 3 is 3.05 bits per heavy atom. The zero-order chi connectivity index (χ0) is 13.5. The molecule has 100 valence electrons. The highest BCUT2D eigenvalue weighted by Gasteiger charge is 2.37. The van der Waals surface area contributed by atoms with Crippen LogP contribution in [0.1, 0.15) is 29.5 Å². The molecule has 2 aliphatic rings. The van der Waals surface area contributed by atoms with Gasteiger partial charge in [0.05, 0.1) is 6.04 Å². The minimum Gasteiger partial charge on any atom is -0.378 e. The van der Waals surface area contributed by atoms with Crippen LogP contribution >= 0.6 is 0 Å². The van der Waals surface area contributed by atoms with Crippen molar-refractivity contribution in [2.24, 2.45) is 5.92 Å². The first-order chi connectivity index (χ1) is 9.83. The van der Waals surface area contributed by atoms with E-state index in [2.05, 4.69) is 28.5 Å². The molecule has 1 aromatic carbocycles. The number of rotatable bonds is 1. The van der Waals surface area contributed by atoms with E-state index in [0.717, 1.165) is 17.7 Å². The van der Waals surface area contributed by atoms with Crippen molar-refractivity contribution in [2.45, 2.75) is 18.4 Å². The highest BCUT2D eigenvalue weighted by molar-refractivity contribution is 5.59. The zero-order valence-corrected chi connectivity index (χ0v) is 11.0. The monoisotopic (exact) mass is 266 g/mol. The van der Waals surface area contributed by atoms with Gasteiger partial charge in [-0.25, -0.2) is 4.39 Å². The van der Waals surface area contributed by atoms with Crippen molar-refractivity contribution in [3.63, 3.8) is 0 Å². The predicted molar refractivity (Wildman–Crippen MR) is 77.0 cm³/mol. The lowest BCUT2D eigenvalue weighted by Crippen LogP contribution is -2.29. The van der Waals surface area contributed by atoms with E-state index in [1.165, 1.54) is 11.6 Å².